The highest BCUT2D eigenvalue weighted by Crippen LogP contribution is 2.19. The standard InChI is InChI=1S/C19H17ClN2O3/c1-13(14-6-8-15(20)9-7-14)25-18(23)10-11-22-12-21-17-5-3-2-4-16(17)19(22)24/h2-9,12-13H,10-11H2,1H3. The van der Waals surface area contributed by atoms with Crippen LogP contribution in [0.4, 0.5) is 0 Å². The van der Waals surface area contributed by atoms with Crippen LogP contribution in [0, 0.1) is 0 Å². The van der Waals surface area contributed by atoms with E-state index in [-0.39, 0.29) is 30.6 Å². The minimum absolute atomic E-state index is 0.0951. The Bertz CT molecular complexity index is 951. The van der Waals surface area contributed by atoms with Crippen LogP contribution in [0.5, 0.6) is 0 Å². The van der Waals surface area contributed by atoms with Crippen LogP contribution in [-0.2, 0) is 16.1 Å². The number of hydrogen-bond acceptors (Lipinski definition) is 4. The molecule has 1 unspecified atom stereocenters. The lowest BCUT2D eigenvalue weighted by atomic mass is 10.1. The van der Waals surface area contributed by atoms with Crippen LogP contribution in [-0.4, -0.2) is 15.5 Å². The number of fused-ring (bicyclic) bond motifs is 1. The molecule has 3 aromatic rings. The zero-order valence-corrected chi connectivity index (χ0v) is 14.4. The molecule has 0 aliphatic heterocycles. The molecule has 0 bridgehead atoms. The Hall–Kier alpha value is -2.66. The molecule has 2 aromatic carbocycles. The Morgan fingerprint density at radius 3 is 2.68 bits per heavy atom. The molecule has 0 radical (unpaired) electrons. The Balaban J connectivity index is 1.63. The fourth-order valence-electron chi connectivity index (χ4n) is 2.54. The van der Waals surface area contributed by atoms with Gasteiger partial charge in [-0.05, 0) is 36.8 Å². The molecule has 0 amide bonds. The van der Waals surface area contributed by atoms with Crippen molar-refractivity contribution >= 4 is 28.5 Å². The zero-order chi connectivity index (χ0) is 17.8. The Morgan fingerprint density at radius 1 is 1.20 bits per heavy atom. The number of esters is 1. The number of nitrogens with zero attached hydrogens (tertiary/aromatic N) is 2. The van der Waals surface area contributed by atoms with Gasteiger partial charge in [-0.15, -0.1) is 0 Å². The van der Waals surface area contributed by atoms with E-state index >= 15 is 0 Å². The predicted octanol–water partition coefficient (Wildman–Crippen LogP) is 3.74. The molecule has 1 atom stereocenters. The number of para-hydroxylation sites is 1. The van der Waals surface area contributed by atoms with E-state index in [1.54, 1.807) is 37.3 Å². The molecular weight excluding hydrogens is 340 g/mol. The van der Waals surface area contributed by atoms with Crippen molar-refractivity contribution in [3.05, 3.63) is 75.8 Å². The monoisotopic (exact) mass is 356 g/mol. The lowest BCUT2D eigenvalue weighted by Crippen LogP contribution is -2.22. The molecule has 0 fully saturated rings. The van der Waals surface area contributed by atoms with E-state index in [0.717, 1.165) is 5.56 Å². The molecule has 6 heteroatoms. The molecule has 1 heterocycles. The van der Waals surface area contributed by atoms with Gasteiger partial charge in [-0.1, -0.05) is 35.9 Å². The molecule has 1 aromatic heterocycles. The fraction of sp³-hybridized carbons (Fsp3) is 0.211. The Morgan fingerprint density at radius 2 is 1.92 bits per heavy atom. The minimum Gasteiger partial charge on any atom is -0.458 e. The summed E-state index contributed by atoms with van der Waals surface area (Å²) in [6.45, 7) is 2.02. The third-order valence-electron chi connectivity index (χ3n) is 3.94. The summed E-state index contributed by atoms with van der Waals surface area (Å²) in [5.41, 5.74) is 1.34. The summed E-state index contributed by atoms with van der Waals surface area (Å²) < 4.78 is 6.83. The van der Waals surface area contributed by atoms with Gasteiger partial charge in [-0.2, -0.15) is 0 Å². The van der Waals surface area contributed by atoms with Crippen LogP contribution in [0.25, 0.3) is 10.9 Å². The maximum absolute atomic E-state index is 12.4. The Labute approximate surface area is 149 Å². The Kier molecular flexibility index (Phi) is 5.14. The van der Waals surface area contributed by atoms with Crippen LogP contribution in [0.15, 0.2) is 59.7 Å². The summed E-state index contributed by atoms with van der Waals surface area (Å²) in [5.74, 6) is -0.373. The van der Waals surface area contributed by atoms with E-state index in [1.165, 1.54) is 10.9 Å². The van der Waals surface area contributed by atoms with Crippen molar-refractivity contribution in [2.45, 2.75) is 26.0 Å². The van der Waals surface area contributed by atoms with Gasteiger partial charge >= 0.3 is 5.97 Å². The second kappa shape index (κ2) is 7.49. The number of hydrogen-bond donors (Lipinski definition) is 0. The molecule has 0 aliphatic rings. The van der Waals surface area contributed by atoms with Crippen molar-refractivity contribution in [1.29, 1.82) is 0 Å². The highest BCUT2D eigenvalue weighted by atomic mass is 35.5. The van der Waals surface area contributed by atoms with Crippen LogP contribution >= 0.6 is 11.6 Å². The molecular formula is C19H17ClN2O3. The lowest BCUT2D eigenvalue weighted by Gasteiger charge is -2.14. The van der Waals surface area contributed by atoms with Crippen LogP contribution in [0.3, 0.4) is 0 Å². The number of rotatable bonds is 5. The minimum atomic E-state index is -0.379. The van der Waals surface area contributed by atoms with E-state index in [2.05, 4.69) is 4.98 Å². The summed E-state index contributed by atoms with van der Waals surface area (Å²) in [6.07, 6.45) is 1.18. The second-order valence-electron chi connectivity index (χ2n) is 5.69. The first-order valence-electron chi connectivity index (χ1n) is 7.94. The van der Waals surface area contributed by atoms with Crippen molar-refractivity contribution < 1.29 is 9.53 Å². The first-order chi connectivity index (χ1) is 12.0. The summed E-state index contributed by atoms with van der Waals surface area (Å²) >= 11 is 5.85. The molecule has 0 saturated carbocycles. The highest BCUT2D eigenvalue weighted by molar-refractivity contribution is 6.30. The number of aryl methyl sites for hydroxylation is 1. The molecule has 0 aliphatic carbocycles. The van der Waals surface area contributed by atoms with Crippen molar-refractivity contribution in [3.63, 3.8) is 0 Å². The quantitative estimate of drug-likeness (QED) is 0.653. The van der Waals surface area contributed by atoms with Crippen molar-refractivity contribution in [3.8, 4) is 0 Å². The van der Waals surface area contributed by atoms with Crippen LogP contribution < -0.4 is 5.56 Å². The maximum Gasteiger partial charge on any atom is 0.308 e. The molecule has 0 saturated heterocycles. The van der Waals surface area contributed by atoms with Crippen molar-refractivity contribution in [2.75, 3.05) is 0 Å². The van der Waals surface area contributed by atoms with Gasteiger partial charge in [0.1, 0.15) is 6.10 Å². The number of aromatic nitrogens is 2. The average molecular weight is 357 g/mol. The smallest absolute Gasteiger partial charge is 0.308 e. The normalized spacial score (nSPS) is 12.1. The summed E-state index contributed by atoms with van der Waals surface area (Å²) in [4.78, 5) is 28.7. The van der Waals surface area contributed by atoms with Crippen molar-refractivity contribution in [1.82, 2.24) is 9.55 Å². The molecule has 3 rings (SSSR count). The number of halogens is 1. The molecule has 5 nitrogen and oxygen atoms in total. The SMILES string of the molecule is CC(OC(=O)CCn1cnc2ccccc2c1=O)c1ccc(Cl)cc1. The predicted molar refractivity (Wildman–Crippen MR) is 96.6 cm³/mol. The summed E-state index contributed by atoms with van der Waals surface area (Å²) in [6, 6.07) is 14.3. The third kappa shape index (κ3) is 4.06. The van der Waals surface area contributed by atoms with E-state index in [1.807, 2.05) is 18.2 Å². The van der Waals surface area contributed by atoms with Gasteiger partial charge in [0.2, 0.25) is 0 Å². The largest absolute Gasteiger partial charge is 0.458 e. The second-order valence-corrected chi connectivity index (χ2v) is 6.13. The van der Waals surface area contributed by atoms with E-state index in [4.69, 9.17) is 16.3 Å². The number of benzene rings is 2. The zero-order valence-electron chi connectivity index (χ0n) is 13.7. The fourth-order valence-corrected chi connectivity index (χ4v) is 2.66. The number of ether oxygens (including phenoxy) is 1. The summed E-state index contributed by atoms with van der Waals surface area (Å²) in [7, 11) is 0. The van der Waals surface area contributed by atoms with Crippen LogP contribution in [0.2, 0.25) is 5.02 Å². The maximum atomic E-state index is 12.4. The van der Waals surface area contributed by atoms with Gasteiger partial charge in [-0.25, -0.2) is 4.98 Å². The van der Waals surface area contributed by atoms with E-state index in [0.29, 0.717) is 15.9 Å². The number of carbonyl (C=O) groups excluding carboxylic acids is 1. The van der Waals surface area contributed by atoms with Gasteiger partial charge in [0.05, 0.1) is 23.7 Å². The first kappa shape index (κ1) is 17.2. The molecule has 128 valence electrons. The number of carbonyl (C=O) groups is 1. The average Bonchev–Trinajstić information content (AvgIpc) is 2.62. The van der Waals surface area contributed by atoms with Crippen molar-refractivity contribution in [2.24, 2.45) is 0 Å². The molecule has 0 N–H and O–H groups in total. The van der Waals surface area contributed by atoms with Gasteiger partial charge in [0.15, 0.2) is 0 Å². The lowest BCUT2D eigenvalue weighted by molar-refractivity contribution is -0.148. The molecule has 0 spiro atoms. The molecule has 25 heavy (non-hydrogen) atoms. The van der Waals surface area contributed by atoms with Crippen LogP contribution in [0.1, 0.15) is 25.0 Å². The first-order valence-corrected chi connectivity index (χ1v) is 8.31. The van der Waals surface area contributed by atoms with E-state index < -0.39 is 0 Å². The third-order valence-corrected chi connectivity index (χ3v) is 4.19. The van der Waals surface area contributed by atoms with E-state index in [9.17, 15) is 9.59 Å². The van der Waals surface area contributed by atoms with Gasteiger partial charge in [-0.3, -0.25) is 14.2 Å². The van der Waals surface area contributed by atoms with Gasteiger partial charge < -0.3 is 4.74 Å². The topological polar surface area (TPSA) is 61.2 Å². The van der Waals surface area contributed by atoms with Gasteiger partial charge in [0.25, 0.3) is 5.56 Å². The van der Waals surface area contributed by atoms with Gasteiger partial charge in [0, 0.05) is 11.6 Å². The summed E-state index contributed by atoms with van der Waals surface area (Å²) in [5, 5.41) is 1.17. The highest BCUT2D eigenvalue weighted by Gasteiger charge is 2.12.